The molecule has 1 aromatic carbocycles. The molecule has 0 spiro atoms. The molecule has 2 N–H and O–H groups in total. The van der Waals surface area contributed by atoms with Crippen molar-refractivity contribution in [3.63, 3.8) is 0 Å². The van der Waals surface area contributed by atoms with Crippen molar-refractivity contribution in [2.75, 3.05) is 0 Å². The van der Waals surface area contributed by atoms with E-state index >= 15 is 0 Å². The standard InChI is InChI=1S/C10H10Cl2N2O2/c1-6(15)10(16)14-13-5-7-3-2-4-8(11)9(7)12/h2-6,15H,1H3,(H,14,16). The molecule has 0 aliphatic carbocycles. The second-order valence-electron chi connectivity index (χ2n) is 3.05. The highest BCUT2D eigenvalue weighted by Gasteiger charge is 2.06. The molecular formula is C10H10Cl2N2O2. The first-order valence-electron chi connectivity index (χ1n) is 4.47. The fraction of sp³-hybridized carbons (Fsp3) is 0.200. The van der Waals surface area contributed by atoms with E-state index in [4.69, 9.17) is 28.3 Å². The van der Waals surface area contributed by atoms with Crippen LogP contribution in [0.5, 0.6) is 0 Å². The van der Waals surface area contributed by atoms with Crippen LogP contribution in [0.15, 0.2) is 23.3 Å². The van der Waals surface area contributed by atoms with Crippen LogP contribution in [0.4, 0.5) is 0 Å². The van der Waals surface area contributed by atoms with Crippen molar-refractivity contribution in [3.05, 3.63) is 33.8 Å². The van der Waals surface area contributed by atoms with Gasteiger partial charge in [0.05, 0.1) is 16.3 Å². The molecule has 0 bridgehead atoms. The van der Waals surface area contributed by atoms with Crippen LogP contribution in [0.1, 0.15) is 12.5 Å². The molecule has 1 amide bonds. The van der Waals surface area contributed by atoms with E-state index in [1.165, 1.54) is 13.1 Å². The summed E-state index contributed by atoms with van der Waals surface area (Å²) in [4.78, 5) is 11.0. The molecule has 1 rings (SSSR count). The Hall–Kier alpha value is -1.10. The minimum absolute atomic E-state index is 0.360. The highest BCUT2D eigenvalue weighted by molar-refractivity contribution is 6.43. The number of carbonyl (C=O) groups excluding carboxylic acids is 1. The van der Waals surface area contributed by atoms with Gasteiger partial charge >= 0.3 is 0 Å². The minimum Gasteiger partial charge on any atom is -0.383 e. The number of hydrazone groups is 1. The quantitative estimate of drug-likeness (QED) is 0.644. The summed E-state index contributed by atoms with van der Waals surface area (Å²) < 4.78 is 0. The molecule has 86 valence electrons. The van der Waals surface area contributed by atoms with Crippen molar-refractivity contribution in [2.24, 2.45) is 5.10 Å². The third-order valence-corrected chi connectivity index (χ3v) is 2.57. The monoisotopic (exact) mass is 260 g/mol. The third-order valence-electron chi connectivity index (χ3n) is 1.74. The smallest absolute Gasteiger partial charge is 0.268 e. The predicted octanol–water partition coefficient (Wildman–Crippen LogP) is 1.82. The Morgan fingerprint density at radius 1 is 1.56 bits per heavy atom. The van der Waals surface area contributed by atoms with Crippen molar-refractivity contribution in [3.8, 4) is 0 Å². The van der Waals surface area contributed by atoms with E-state index in [0.29, 0.717) is 15.6 Å². The molecule has 1 unspecified atom stereocenters. The lowest BCUT2D eigenvalue weighted by molar-refractivity contribution is -0.128. The molecule has 16 heavy (non-hydrogen) atoms. The summed E-state index contributed by atoms with van der Waals surface area (Å²) in [7, 11) is 0. The normalized spacial score (nSPS) is 12.8. The number of aliphatic hydroxyl groups is 1. The van der Waals surface area contributed by atoms with E-state index in [1.54, 1.807) is 18.2 Å². The van der Waals surface area contributed by atoms with Gasteiger partial charge in [-0.2, -0.15) is 5.10 Å². The lowest BCUT2D eigenvalue weighted by Gasteiger charge is -2.02. The van der Waals surface area contributed by atoms with Gasteiger partial charge in [0.25, 0.3) is 5.91 Å². The number of carbonyl (C=O) groups is 1. The number of hydrogen-bond donors (Lipinski definition) is 2. The Morgan fingerprint density at radius 2 is 2.25 bits per heavy atom. The van der Waals surface area contributed by atoms with Gasteiger partial charge in [0.15, 0.2) is 0 Å². The summed E-state index contributed by atoms with van der Waals surface area (Å²) in [5, 5.41) is 13.3. The number of aliphatic hydroxyl groups excluding tert-OH is 1. The molecule has 1 aromatic rings. The summed E-state index contributed by atoms with van der Waals surface area (Å²) in [5.74, 6) is -0.589. The van der Waals surface area contributed by atoms with Gasteiger partial charge in [-0.3, -0.25) is 4.79 Å². The Bertz CT molecular complexity index is 419. The van der Waals surface area contributed by atoms with Gasteiger partial charge in [-0.1, -0.05) is 35.3 Å². The van der Waals surface area contributed by atoms with E-state index in [-0.39, 0.29) is 0 Å². The summed E-state index contributed by atoms with van der Waals surface area (Å²) in [6.07, 6.45) is 0.251. The molecule has 0 heterocycles. The maximum Gasteiger partial charge on any atom is 0.268 e. The first-order valence-corrected chi connectivity index (χ1v) is 5.23. The van der Waals surface area contributed by atoms with Gasteiger partial charge < -0.3 is 5.11 Å². The number of halogens is 2. The van der Waals surface area contributed by atoms with Crippen LogP contribution in [0, 0.1) is 0 Å². The van der Waals surface area contributed by atoms with E-state index in [2.05, 4.69) is 10.5 Å². The largest absolute Gasteiger partial charge is 0.383 e. The molecule has 0 radical (unpaired) electrons. The summed E-state index contributed by atoms with van der Waals surface area (Å²) in [6, 6.07) is 5.06. The van der Waals surface area contributed by atoms with Gasteiger partial charge in [0.2, 0.25) is 0 Å². The maximum atomic E-state index is 11.0. The Labute approximate surface area is 103 Å². The van der Waals surface area contributed by atoms with Crippen LogP contribution in [0.25, 0.3) is 0 Å². The number of benzene rings is 1. The van der Waals surface area contributed by atoms with Crippen LogP contribution in [0.2, 0.25) is 10.0 Å². The Kier molecular flexibility index (Phi) is 4.73. The molecule has 0 aliphatic rings. The summed E-state index contributed by atoms with van der Waals surface area (Å²) in [5.41, 5.74) is 2.74. The predicted molar refractivity (Wildman–Crippen MR) is 63.9 cm³/mol. The topological polar surface area (TPSA) is 61.7 Å². The first-order chi connectivity index (χ1) is 7.52. The van der Waals surface area contributed by atoms with E-state index < -0.39 is 12.0 Å². The molecule has 6 heteroatoms. The third kappa shape index (κ3) is 3.48. The highest BCUT2D eigenvalue weighted by Crippen LogP contribution is 2.23. The average Bonchev–Trinajstić information content (AvgIpc) is 2.24. The van der Waals surface area contributed by atoms with Crippen molar-refractivity contribution in [1.29, 1.82) is 0 Å². The van der Waals surface area contributed by atoms with Gasteiger partial charge in [-0.05, 0) is 13.0 Å². The van der Waals surface area contributed by atoms with Crippen molar-refractivity contribution in [1.82, 2.24) is 5.43 Å². The molecule has 4 nitrogen and oxygen atoms in total. The number of nitrogens with zero attached hydrogens (tertiary/aromatic N) is 1. The summed E-state index contributed by atoms with van der Waals surface area (Å²) >= 11 is 11.7. The number of nitrogens with one attached hydrogen (secondary N) is 1. The van der Waals surface area contributed by atoms with Gasteiger partial charge in [0.1, 0.15) is 6.10 Å². The first kappa shape index (κ1) is 13.0. The molecule has 0 saturated carbocycles. The van der Waals surface area contributed by atoms with Crippen LogP contribution in [-0.4, -0.2) is 23.3 Å². The molecule has 0 saturated heterocycles. The number of rotatable bonds is 3. The van der Waals surface area contributed by atoms with Gasteiger partial charge in [0, 0.05) is 5.56 Å². The number of amides is 1. The van der Waals surface area contributed by atoms with Crippen LogP contribution < -0.4 is 5.43 Å². The van der Waals surface area contributed by atoms with Crippen LogP contribution in [0.3, 0.4) is 0 Å². The van der Waals surface area contributed by atoms with Crippen molar-refractivity contribution in [2.45, 2.75) is 13.0 Å². The molecular weight excluding hydrogens is 251 g/mol. The molecule has 0 fully saturated rings. The van der Waals surface area contributed by atoms with Crippen LogP contribution >= 0.6 is 23.2 Å². The van der Waals surface area contributed by atoms with Crippen molar-refractivity contribution >= 4 is 35.3 Å². The lowest BCUT2D eigenvalue weighted by atomic mass is 10.2. The molecule has 0 aliphatic heterocycles. The minimum atomic E-state index is -1.10. The van der Waals surface area contributed by atoms with Gasteiger partial charge in [-0.15, -0.1) is 0 Å². The SMILES string of the molecule is CC(O)C(=O)NN=Cc1cccc(Cl)c1Cl. The van der Waals surface area contributed by atoms with E-state index in [9.17, 15) is 4.79 Å². The summed E-state index contributed by atoms with van der Waals surface area (Å²) in [6.45, 7) is 1.34. The fourth-order valence-electron chi connectivity index (χ4n) is 0.879. The zero-order valence-electron chi connectivity index (χ0n) is 8.45. The van der Waals surface area contributed by atoms with Crippen molar-refractivity contribution < 1.29 is 9.90 Å². The highest BCUT2D eigenvalue weighted by atomic mass is 35.5. The molecule has 0 aromatic heterocycles. The molecule has 1 atom stereocenters. The van der Waals surface area contributed by atoms with E-state index in [1.807, 2.05) is 0 Å². The maximum absolute atomic E-state index is 11.0. The van der Waals surface area contributed by atoms with Crippen LogP contribution in [-0.2, 0) is 4.79 Å². The average molecular weight is 261 g/mol. The van der Waals surface area contributed by atoms with E-state index in [0.717, 1.165) is 0 Å². The zero-order chi connectivity index (χ0) is 12.1. The second kappa shape index (κ2) is 5.84. The zero-order valence-corrected chi connectivity index (χ0v) is 9.96. The lowest BCUT2D eigenvalue weighted by Crippen LogP contribution is -2.28. The second-order valence-corrected chi connectivity index (χ2v) is 3.84. The fourth-order valence-corrected chi connectivity index (χ4v) is 1.24. The Morgan fingerprint density at radius 3 is 2.88 bits per heavy atom. The van der Waals surface area contributed by atoms with Gasteiger partial charge in [-0.25, -0.2) is 5.43 Å². The Balaban J connectivity index is 2.70. The number of hydrogen-bond acceptors (Lipinski definition) is 3.